The lowest BCUT2D eigenvalue weighted by Gasteiger charge is -2.08. The van der Waals surface area contributed by atoms with Gasteiger partial charge in [-0.25, -0.2) is 4.98 Å². The molecular weight excluding hydrogens is 318 g/mol. The second-order valence-corrected chi connectivity index (χ2v) is 4.94. The van der Waals surface area contributed by atoms with E-state index >= 15 is 0 Å². The molecule has 0 fully saturated rings. The summed E-state index contributed by atoms with van der Waals surface area (Å²) in [5.41, 5.74) is 7.54. The molecule has 0 aliphatic carbocycles. The van der Waals surface area contributed by atoms with E-state index in [0.717, 1.165) is 21.7 Å². The first kappa shape index (κ1) is 13.4. The van der Waals surface area contributed by atoms with Gasteiger partial charge in [0.15, 0.2) is 0 Å². The standard InChI is InChI=1S/C12H13BrClN3O/c1-17-10(6-15)16-12(13)11(17)7-3-4-9(18-2)8(14)5-7/h3-5H,6,15H2,1-2H3. The molecule has 0 aliphatic rings. The van der Waals surface area contributed by atoms with Crippen LogP contribution in [0.5, 0.6) is 5.75 Å². The molecule has 1 aromatic carbocycles. The smallest absolute Gasteiger partial charge is 0.137 e. The van der Waals surface area contributed by atoms with E-state index in [1.165, 1.54) is 0 Å². The van der Waals surface area contributed by atoms with Gasteiger partial charge in [0.2, 0.25) is 0 Å². The summed E-state index contributed by atoms with van der Waals surface area (Å²) in [6.07, 6.45) is 0. The Morgan fingerprint density at radius 2 is 2.22 bits per heavy atom. The van der Waals surface area contributed by atoms with Crippen molar-refractivity contribution in [2.45, 2.75) is 6.54 Å². The molecule has 1 aromatic heterocycles. The molecule has 1 heterocycles. The summed E-state index contributed by atoms with van der Waals surface area (Å²) in [5, 5.41) is 0.567. The van der Waals surface area contributed by atoms with Crippen LogP contribution >= 0.6 is 27.5 Å². The number of nitrogens with zero attached hydrogens (tertiary/aromatic N) is 2. The number of rotatable bonds is 3. The van der Waals surface area contributed by atoms with Crippen LogP contribution in [0, 0.1) is 0 Å². The van der Waals surface area contributed by atoms with E-state index in [4.69, 9.17) is 22.1 Å². The molecule has 0 unspecified atom stereocenters. The van der Waals surface area contributed by atoms with Gasteiger partial charge in [0.1, 0.15) is 16.2 Å². The summed E-state index contributed by atoms with van der Waals surface area (Å²) < 4.78 is 7.84. The highest BCUT2D eigenvalue weighted by Gasteiger charge is 2.14. The van der Waals surface area contributed by atoms with Gasteiger partial charge in [-0.05, 0) is 34.1 Å². The molecule has 18 heavy (non-hydrogen) atoms. The van der Waals surface area contributed by atoms with Gasteiger partial charge in [0.25, 0.3) is 0 Å². The Morgan fingerprint density at radius 3 is 2.72 bits per heavy atom. The number of methoxy groups -OCH3 is 1. The molecule has 0 amide bonds. The molecule has 0 spiro atoms. The van der Waals surface area contributed by atoms with Gasteiger partial charge < -0.3 is 15.0 Å². The highest BCUT2D eigenvalue weighted by atomic mass is 79.9. The normalized spacial score (nSPS) is 10.7. The Hall–Kier alpha value is -1.04. The summed E-state index contributed by atoms with van der Waals surface area (Å²) in [6, 6.07) is 5.62. The van der Waals surface area contributed by atoms with Crippen molar-refractivity contribution in [1.82, 2.24) is 9.55 Å². The number of aromatic nitrogens is 2. The number of nitrogens with two attached hydrogens (primary N) is 1. The Kier molecular flexibility index (Phi) is 3.94. The molecule has 0 saturated heterocycles. The number of imidazole rings is 1. The minimum absolute atomic E-state index is 0.388. The molecule has 96 valence electrons. The summed E-state index contributed by atoms with van der Waals surface area (Å²) in [7, 11) is 3.51. The number of ether oxygens (including phenoxy) is 1. The van der Waals surface area contributed by atoms with Gasteiger partial charge in [-0.15, -0.1) is 0 Å². The average molecular weight is 331 g/mol. The van der Waals surface area contributed by atoms with Gasteiger partial charge in [-0.3, -0.25) is 0 Å². The van der Waals surface area contributed by atoms with E-state index in [1.54, 1.807) is 7.11 Å². The zero-order chi connectivity index (χ0) is 13.3. The van der Waals surface area contributed by atoms with Crippen molar-refractivity contribution in [3.63, 3.8) is 0 Å². The van der Waals surface area contributed by atoms with Crippen LogP contribution in [0.4, 0.5) is 0 Å². The maximum absolute atomic E-state index is 6.13. The van der Waals surface area contributed by atoms with Crippen LogP contribution in [-0.4, -0.2) is 16.7 Å². The zero-order valence-electron chi connectivity index (χ0n) is 10.1. The fourth-order valence-corrected chi connectivity index (χ4v) is 2.77. The summed E-state index contributed by atoms with van der Waals surface area (Å²) in [4.78, 5) is 4.36. The van der Waals surface area contributed by atoms with Gasteiger partial charge in [-0.1, -0.05) is 11.6 Å². The third-order valence-electron chi connectivity index (χ3n) is 2.75. The minimum atomic E-state index is 0.388. The fraction of sp³-hybridized carbons (Fsp3) is 0.250. The Bertz CT molecular complexity index is 583. The molecule has 4 nitrogen and oxygen atoms in total. The summed E-state index contributed by atoms with van der Waals surface area (Å²) in [6.45, 7) is 0.388. The van der Waals surface area contributed by atoms with Crippen molar-refractivity contribution in [1.29, 1.82) is 0 Å². The number of hydrogen-bond acceptors (Lipinski definition) is 3. The molecule has 6 heteroatoms. The molecule has 0 radical (unpaired) electrons. The average Bonchev–Trinajstić information content (AvgIpc) is 2.64. The van der Waals surface area contributed by atoms with Crippen molar-refractivity contribution < 1.29 is 4.74 Å². The van der Waals surface area contributed by atoms with Crippen LogP contribution < -0.4 is 10.5 Å². The molecule has 0 bridgehead atoms. The molecule has 2 aromatic rings. The SMILES string of the molecule is COc1ccc(-c2c(Br)nc(CN)n2C)cc1Cl. The lowest BCUT2D eigenvalue weighted by molar-refractivity contribution is 0.415. The first-order chi connectivity index (χ1) is 8.58. The predicted molar refractivity (Wildman–Crippen MR) is 75.8 cm³/mol. The highest BCUT2D eigenvalue weighted by molar-refractivity contribution is 9.10. The van der Waals surface area contributed by atoms with Crippen molar-refractivity contribution >= 4 is 27.5 Å². The Labute approximate surface area is 119 Å². The lowest BCUT2D eigenvalue weighted by atomic mass is 10.1. The maximum atomic E-state index is 6.13. The third kappa shape index (κ3) is 2.25. The minimum Gasteiger partial charge on any atom is -0.495 e. The largest absolute Gasteiger partial charge is 0.495 e. The first-order valence-electron chi connectivity index (χ1n) is 5.33. The monoisotopic (exact) mass is 329 g/mol. The van der Waals surface area contributed by atoms with E-state index in [1.807, 2.05) is 29.8 Å². The van der Waals surface area contributed by atoms with Gasteiger partial charge >= 0.3 is 0 Å². The molecular formula is C12H13BrClN3O. The lowest BCUT2D eigenvalue weighted by Crippen LogP contribution is -2.05. The molecule has 2 N–H and O–H groups in total. The second-order valence-electron chi connectivity index (χ2n) is 3.78. The van der Waals surface area contributed by atoms with Crippen LogP contribution in [0.3, 0.4) is 0 Å². The zero-order valence-corrected chi connectivity index (χ0v) is 12.4. The van der Waals surface area contributed by atoms with Crippen LogP contribution in [-0.2, 0) is 13.6 Å². The van der Waals surface area contributed by atoms with Gasteiger partial charge in [0, 0.05) is 12.6 Å². The van der Waals surface area contributed by atoms with Crippen molar-refractivity contribution in [3.05, 3.63) is 33.6 Å². The van der Waals surface area contributed by atoms with Crippen LogP contribution in [0.1, 0.15) is 5.82 Å². The van der Waals surface area contributed by atoms with E-state index in [9.17, 15) is 0 Å². The van der Waals surface area contributed by atoms with E-state index < -0.39 is 0 Å². The van der Waals surface area contributed by atoms with Crippen molar-refractivity contribution in [3.8, 4) is 17.0 Å². The third-order valence-corrected chi connectivity index (χ3v) is 3.60. The molecule has 0 aliphatic heterocycles. The van der Waals surface area contributed by atoms with Gasteiger partial charge in [0.05, 0.1) is 24.4 Å². The fourth-order valence-electron chi connectivity index (χ4n) is 1.82. The van der Waals surface area contributed by atoms with Crippen LogP contribution in [0.2, 0.25) is 5.02 Å². The van der Waals surface area contributed by atoms with Crippen LogP contribution in [0.25, 0.3) is 11.3 Å². The summed E-state index contributed by atoms with van der Waals surface area (Å²) in [5.74, 6) is 1.46. The topological polar surface area (TPSA) is 53.1 Å². The van der Waals surface area contributed by atoms with Crippen molar-refractivity contribution in [2.24, 2.45) is 12.8 Å². The summed E-state index contributed by atoms with van der Waals surface area (Å²) >= 11 is 9.57. The quantitative estimate of drug-likeness (QED) is 0.941. The predicted octanol–water partition coefficient (Wildman–Crippen LogP) is 2.97. The highest BCUT2D eigenvalue weighted by Crippen LogP contribution is 2.33. The van der Waals surface area contributed by atoms with E-state index in [0.29, 0.717) is 17.3 Å². The second kappa shape index (κ2) is 5.30. The number of halogens is 2. The number of benzene rings is 1. The van der Waals surface area contributed by atoms with E-state index in [-0.39, 0.29) is 0 Å². The first-order valence-corrected chi connectivity index (χ1v) is 6.50. The maximum Gasteiger partial charge on any atom is 0.137 e. The van der Waals surface area contributed by atoms with E-state index in [2.05, 4.69) is 20.9 Å². The van der Waals surface area contributed by atoms with Gasteiger partial charge in [-0.2, -0.15) is 0 Å². The van der Waals surface area contributed by atoms with Crippen molar-refractivity contribution in [2.75, 3.05) is 7.11 Å². The molecule has 0 atom stereocenters. The molecule has 2 rings (SSSR count). The number of hydrogen-bond donors (Lipinski definition) is 1. The molecule has 0 saturated carbocycles. The Balaban J connectivity index is 2.55. The van der Waals surface area contributed by atoms with Crippen LogP contribution in [0.15, 0.2) is 22.8 Å². The Morgan fingerprint density at radius 1 is 1.50 bits per heavy atom.